The molecule has 0 saturated carbocycles. The van der Waals surface area contributed by atoms with Crippen LogP contribution >= 0.6 is 23.2 Å². The third-order valence-electron chi connectivity index (χ3n) is 4.64. The van der Waals surface area contributed by atoms with Gasteiger partial charge >= 0.3 is 0 Å². The summed E-state index contributed by atoms with van der Waals surface area (Å²) in [5.74, 6) is -0.377. The number of carbonyl (C=O) groups excluding carboxylic acids is 1. The number of hydrazone groups is 1. The van der Waals surface area contributed by atoms with Crippen LogP contribution < -0.4 is 5.43 Å². The molecular weight excluding hydrogens is 439 g/mol. The van der Waals surface area contributed by atoms with Crippen molar-refractivity contribution in [2.75, 3.05) is 5.43 Å². The molecule has 0 aliphatic rings. The summed E-state index contributed by atoms with van der Waals surface area (Å²) >= 11 is 12.8. The third kappa shape index (κ3) is 3.88. The van der Waals surface area contributed by atoms with E-state index >= 15 is 0 Å². The summed E-state index contributed by atoms with van der Waals surface area (Å²) in [5, 5.41) is 16.4. The molecule has 0 aliphatic carbocycles. The number of nitrogens with zero attached hydrogens (tertiary/aromatic N) is 3. The summed E-state index contributed by atoms with van der Waals surface area (Å²) in [6.07, 6.45) is 1.43. The zero-order valence-electron chi connectivity index (χ0n) is 15.8. The molecule has 0 spiro atoms. The van der Waals surface area contributed by atoms with Crippen LogP contribution in [0.1, 0.15) is 15.9 Å². The summed E-state index contributed by atoms with van der Waals surface area (Å²) in [7, 11) is 0. The fraction of sp³-hybridized carbons (Fsp3) is 0. The largest absolute Gasteiger partial charge is 0.294 e. The van der Waals surface area contributed by atoms with Gasteiger partial charge in [-0.25, -0.2) is 0 Å². The normalized spacial score (nSPS) is 11.2. The van der Waals surface area contributed by atoms with E-state index in [9.17, 15) is 14.9 Å². The molecule has 0 aliphatic heterocycles. The minimum atomic E-state index is -0.501. The van der Waals surface area contributed by atoms with Crippen LogP contribution in [0.15, 0.2) is 77.9 Å². The first-order valence-corrected chi connectivity index (χ1v) is 9.85. The molecule has 4 rings (SSSR count). The second-order valence-electron chi connectivity index (χ2n) is 6.49. The van der Waals surface area contributed by atoms with Gasteiger partial charge in [0.05, 0.1) is 27.2 Å². The molecule has 4 aromatic rings. The molecule has 0 amide bonds. The number of hydrogen-bond donors (Lipinski definition) is 1. The lowest BCUT2D eigenvalue weighted by Gasteiger charge is -2.07. The first-order chi connectivity index (χ1) is 15.0. The van der Waals surface area contributed by atoms with Crippen LogP contribution in [-0.2, 0) is 0 Å². The molecule has 1 heterocycles. The zero-order valence-corrected chi connectivity index (χ0v) is 17.3. The first kappa shape index (κ1) is 20.6. The Labute approximate surface area is 186 Å². The molecule has 7 nitrogen and oxygen atoms in total. The van der Waals surface area contributed by atoms with Gasteiger partial charge in [0.2, 0.25) is 0 Å². The predicted molar refractivity (Wildman–Crippen MR) is 122 cm³/mol. The van der Waals surface area contributed by atoms with Gasteiger partial charge in [-0.3, -0.25) is 24.9 Å². The van der Waals surface area contributed by atoms with Gasteiger partial charge in [-0.2, -0.15) is 5.10 Å². The van der Waals surface area contributed by atoms with Crippen molar-refractivity contribution in [3.63, 3.8) is 0 Å². The Balaban J connectivity index is 1.76. The number of fused-ring (bicyclic) bond motifs is 1. The number of aromatic nitrogens is 1. The maximum atomic E-state index is 13.2. The summed E-state index contributed by atoms with van der Waals surface area (Å²) < 4.78 is 1.37. The fourth-order valence-electron chi connectivity index (χ4n) is 3.20. The minimum absolute atomic E-state index is 0.109. The molecule has 0 saturated heterocycles. The van der Waals surface area contributed by atoms with Crippen LogP contribution in [0.25, 0.3) is 10.9 Å². The van der Waals surface area contributed by atoms with Crippen molar-refractivity contribution in [1.29, 1.82) is 0 Å². The lowest BCUT2D eigenvalue weighted by molar-refractivity contribution is -0.384. The highest BCUT2D eigenvalue weighted by Gasteiger charge is 2.21. The lowest BCUT2D eigenvalue weighted by Crippen LogP contribution is -2.12. The van der Waals surface area contributed by atoms with Crippen LogP contribution in [0.5, 0.6) is 0 Å². The lowest BCUT2D eigenvalue weighted by atomic mass is 10.2. The first-order valence-electron chi connectivity index (χ1n) is 9.09. The number of nitro groups is 1. The summed E-state index contributed by atoms with van der Waals surface area (Å²) in [5.41, 5.74) is 4.18. The number of para-hydroxylation sites is 3. The van der Waals surface area contributed by atoms with Gasteiger partial charge < -0.3 is 0 Å². The van der Waals surface area contributed by atoms with Gasteiger partial charge in [-0.05, 0) is 24.3 Å². The molecule has 154 valence electrons. The van der Waals surface area contributed by atoms with E-state index in [1.807, 2.05) is 12.1 Å². The monoisotopic (exact) mass is 452 g/mol. The van der Waals surface area contributed by atoms with E-state index in [1.54, 1.807) is 54.6 Å². The Bertz CT molecular complexity index is 1350. The third-order valence-corrected chi connectivity index (χ3v) is 5.34. The van der Waals surface area contributed by atoms with Gasteiger partial charge in [0.15, 0.2) is 0 Å². The minimum Gasteiger partial charge on any atom is -0.272 e. The van der Waals surface area contributed by atoms with E-state index in [-0.39, 0.29) is 22.4 Å². The molecule has 3 aromatic carbocycles. The standard InChI is InChI=1S/C22H14Cl2N4O3/c23-17-9-3-1-8-15(17)22(29)27-19-11-5-2-7-14(19)16(21(27)24)13-25-26-18-10-4-6-12-20(18)28(30)31/h1-13,26H/b25-13+. The molecule has 0 radical (unpaired) electrons. The van der Waals surface area contributed by atoms with E-state index in [0.29, 0.717) is 27.1 Å². The molecule has 1 N–H and O–H groups in total. The number of nitrogens with one attached hydrogen (secondary N) is 1. The number of carbonyl (C=O) groups is 1. The van der Waals surface area contributed by atoms with E-state index in [1.165, 1.54) is 16.8 Å². The molecule has 1 aromatic heterocycles. The van der Waals surface area contributed by atoms with Crippen LogP contribution in [0, 0.1) is 10.1 Å². The number of benzene rings is 3. The maximum absolute atomic E-state index is 13.2. The molecule has 31 heavy (non-hydrogen) atoms. The van der Waals surface area contributed by atoms with Crippen LogP contribution in [0.4, 0.5) is 11.4 Å². The average Bonchev–Trinajstić information content (AvgIpc) is 3.05. The Kier molecular flexibility index (Phi) is 5.70. The molecule has 0 atom stereocenters. The second-order valence-corrected chi connectivity index (χ2v) is 7.25. The van der Waals surface area contributed by atoms with Crippen molar-refractivity contribution < 1.29 is 9.72 Å². The smallest absolute Gasteiger partial charge is 0.272 e. The van der Waals surface area contributed by atoms with Crippen LogP contribution in [0.2, 0.25) is 10.2 Å². The number of rotatable bonds is 5. The van der Waals surface area contributed by atoms with Gasteiger partial charge in [-0.1, -0.05) is 65.7 Å². The number of halogens is 2. The van der Waals surface area contributed by atoms with Gasteiger partial charge in [0.25, 0.3) is 11.6 Å². The van der Waals surface area contributed by atoms with E-state index in [4.69, 9.17) is 23.2 Å². The summed E-state index contributed by atoms with van der Waals surface area (Å²) in [6, 6.07) is 20.0. The van der Waals surface area contributed by atoms with Crippen molar-refractivity contribution in [3.05, 3.63) is 104 Å². The fourth-order valence-corrected chi connectivity index (χ4v) is 3.74. The molecule has 0 unspecified atom stereocenters. The molecular formula is C22H14Cl2N4O3. The number of hydrogen-bond acceptors (Lipinski definition) is 5. The zero-order chi connectivity index (χ0) is 22.0. The summed E-state index contributed by atoms with van der Waals surface area (Å²) in [6.45, 7) is 0. The Morgan fingerprint density at radius 1 is 1.00 bits per heavy atom. The quantitative estimate of drug-likeness (QED) is 0.228. The van der Waals surface area contributed by atoms with Crippen LogP contribution in [0.3, 0.4) is 0 Å². The van der Waals surface area contributed by atoms with Crippen molar-refractivity contribution in [2.45, 2.75) is 0 Å². The van der Waals surface area contributed by atoms with Gasteiger partial charge in [0, 0.05) is 17.0 Å². The van der Waals surface area contributed by atoms with E-state index in [0.717, 1.165) is 0 Å². The molecule has 0 bridgehead atoms. The van der Waals surface area contributed by atoms with Gasteiger partial charge in [-0.15, -0.1) is 0 Å². The molecule has 0 fully saturated rings. The highest BCUT2D eigenvalue weighted by atomic mass is 35.5. The average molecular weight is 453 g/mol. The van der Waals surface area contributed by atoms with Crippen molar-refractivity contribution >= 4 is 57.6 Å². The van der Waals surface area contributed by atoms with E-state index < -0.39 is 4.92 Å². The van der Waals surface area contributed by atoms with Crippen molar-refractivity contribution in [1.82, 2.24) is 4.57 Å². The SMILES string of the molecule is O=C(c1ccccc1Cl)n1c(Cl)c(/C=N/Nc2ccccc2[N+](=O)[O-])c2ccccc21. The van der Waals surface area contributed by atoms with Crippen molar-refractivity contribution in [3.8, 4) is 0 Å². The molecule has 9 heteroatoms. The van der Waals surface area contributed by atoms with Crippen molar-refractivity contribution in [2.24, 2.45) is 5.10 Å². The Hall–Kier alpha value is -3.68. The highest BCUT2D eigenvalue weighted by Crippen LogP contribution is 2.31. The Morgan fingerprint density at radius 3 is 2.45 bits per heavy atom. The van der Waals surface area contributed by atoms with E-state index in [2.05, 4.69) is 10.5 Å². The summed E-state index contributed by atoms with van der Waals surface area (Å²) in [4.78, 5) is 23.9. The Morgan fingerprint density at radius 2 is 1.68 bits per heavy atom. The maximum Gasteiger partial charge on any atom is 0.294 e. The second kappa shape index (κ2) is 8.59. The van der Waals surface area contributed by atoms with Crippen LogP contribution in [-0.4, -0.2) is 21.6 Å². The number of anilines is 1. The topological polar surface area (TPSA) is 89.5 Å². The van der Waals surface area contributed by atoms with Gasteiger partial charge in [0.1, 0.15) is 10.8 Å². The number of nitro benzene ring substituents is 1. The highest BCUT2D eigenvalue weighted by molar-refractivity contribution is 6.37. The predicted octanol–water partition coefficient (Wildman–Crippen LogP) is 5.99.